The molecule has 0 saturated carbocycles. The number of aromatic nitrogens is 2. The van der Waals surface area contributed by atoms with Crippen molar-refractivity contribution in [3.05, 3.63) is 89.1 Å². The van der Waals surface area contributed by atoms with E-state index in [-0.39, 0.29) is 24.1 Å². The van der Waals surface area contributed by atoms with Gasteiger partial charge in [0.1, 0.15) is 18.1 Å². The van der Waals surface area contributed by atoms with Gasteiger partial charge in [0.15, 0.2) is 5.76 Å². The molecule has 2 aromatic heterocycles. The molecule has 0 aliphatic heterocycles. The van der Waals surface area contributed by atoms with Crippen molar-refractivity contribution < 1.29 is 27.7 Å². The van der Waals surface area contributed by atoms with Gasteiger partial charge in [-0.15, -0.1) is 0 Å². The maximum atomic E-state index is 13.3. The molecule has 0 N–H and O–H groups in total. The zero-order valence-electron chi connectivity index (χ0n) is 16.4. The van der Waals surface area contributed by atoms with Gasteiger partial charge in [-0.25, -0.2) is 9.18 Å². The minimum absolute atomic E-state index is 0.0256. The van der Waals surface area contributed by atoms with E-state index in [4.69, 9.17) is 13.8 Å². The molecule has 0 amide bonds. The lowest BCUT2D eigenvalue weighted by Gasteiger charge is -2.04. The van der Waals surface area contributed by atoms with E-state index in [0.717, 1.165) is 5.56 Å². The number of hydrogen-bond donors (Lipinski definition) is 0. The van der Waals surface area contributed by atoms with Gasteiger partial charge >= 0.3 is 5.97 Å². The van der Waals surface area contributed by atoms with Crippen LogP contribution in [0.5, 0.6) is 5.88 Å². The number of rotatable bonds is 7. The number of ether oxygens (including phenoxy) is 2. The summed E-state index contributed by atoms with van der Waals surface area (Å²) in [5.74, 6) is -0.520. The second-order valence-electron chi connectivity index (χ2n) is 6.43. The smallest absolute Gasteiger partial charge is 0.377 e. The van der Waals surface area contributed by atoms with E-state index >= 15 is 0 Å². The molecule has 4 rings (SSSR count). The van der Waals surface area contributed by atoms with Gasteiger partial charge in [0, 0.05) is 5.56 Å². The van der Waals surface area contributed by atoms with Crippen LogP contribution in [0, 0.1) is 5.82 Å². The molecule has 0 spiro atoms. The lowest BCUT2D eigenvalue weighted by Crippen LogP contribution is -1.99. The van der Waals surface area contributed by atoms with E-state index in [1.54, 1.807) is 18.2 Å². The predicted octanol–water partition coefficient (Wildman–Crippen LogP) is 5.00. The Kier molecular flexibility index (Phi) is 5.89. The molecule has 0 bridgehead atoms. The largest absolute Gasteiger partial charge is 0.470 e. The third-order valence-electron chi connectivity index (χ3n) is 4.40. The van der Waals surface area contributed by atoms with Gasteiger partial charge in [-0.05, 0) is 41.1 Å². The lowest BCUT2D eigenvalue weighted by molar-refractivity contribution is 0.0554. The Morgan fingerprint density at radius 1 is 1.03 bits per heavy atom. The monoisotopic (exact) mass is 420 g/mol. The fraction of sp³-hybridized carbons (Fsp3) is 0.0870. The number of carbonyl (C=O) groups excluding carboxylic acids is 1. The van der Waals surface area contributed by atoms with E-state index in [2.05, 4.69) is 15.1 Å². The van der Waals surface area contributed by atoms with Crippen molar-refractivity contribution >= 4 is 18.1 Å². The SMILES string of the molecule is COC(=O)c1cc(OCc2c(-c3ccc(F)cc3)noc2C=Cc2ccccc2)no1. The van der Waals surface area contributed by atoms with Gasteiger partial charge in [-0.1, -0.05) is 41.6 Å². The van der Waals surface area contributed by atoms with Crippen LogP contribution in [-0.2, 0) is 11.3 Å². The minimum atomic E-state index is -0.661. The summed E-state index contributed by atoms with van der Waals surface area (Å²) in [5.41, 5.74) is 2.78. The van der Waals surface area contributed by atoms with Crippen LogP contribution < -0.4 is 4.74 Å². The molecule has 0 fully saturated rings. The highest BCUT2D eigenvalue weighted by Gasteiger charge is 2.19. The number of benzene rings is 2. The summed E-state index contributed by atoms with van der Waals surface area (Å²) in [6, 6.07) is 16.9. The molecule has 8 heteroatoms. The Morgan fingerprint density at radius 2 is 1.81 bits per heavy atom. The summed E-state index contributed by atoms with van der Waals surface area (Å²) in [4.78, 5) is 11.5. The van der Waals surface area contributed by atoms with E-state index in [1.165, 1.54) is 25.3 Å². The predicted molar refractivity (Wildman–Crippen MR) is 109 cm³/mol. The molecule has 0 saturated heterocycles. The molecule has 31 heavy (non-hydrogen) atoms. The third-order valence-corrected chi connectivity index (χ3v) is 4.40. The van der Waals surface area contributed by atoms with Crippen molar-refractivity contribution in [2.24, 2.45) is 0 Å². The molecule has 2 heterocycles. The summed E-state index contributed by atoms with van der Waals surface area (Å²) >= 11 is 0. The number of nitrogens with zero attached hydrogens (tertiary/aromatic N) is 2. The zero-order chi connectivity index (χ0) is 21.6. The van der Waals surface area contributed by atoms with E-state index in [0.29, 0.717) is 22.6 Å². The Bertz CT molecular complexity index is 1200. The van der Waals surface area contributed by atoms with Crippen LogP contribution in [0.2, 0.25) is 0 Å². The molecular formula is C23H17FN2O5. The number of halogens is 1. The lowest BCUT2D eigenvalue weighted by atomic mass is 10.1. The Balaban J connectivity index is 1.63. The van der Waals surface area contributed by atoms with E-state index in [9.17, 15) is 9.18 Å². The fourth-order valence-corrected chi connectivity index (χ4v) is 2.83. The van der Waals surface area contributed by atoms with Gasteiger partial charge in [0.25, 0.3) is 5.88 Å². The third kappa shape index (κ3) is 4.69. The summed E-state index contributed by atoms with van der Waals surface area (Å²) < 4.78 is 34.0. The number of carbonyl (C=O) groups is 1. The summed E-state index contributed by atoms with van der Waals surface area (Å²) in [6.07, 6.45) is 3.65. The van der Waals surface area contributed by atoms with E-state index in [1.807, 2.05) is 36.4 Å². The molecule has 2 aromatic carbocycles. The first-order chi connectivity index (χ1) is 15.1. The van der Waals surface area contributed by atoms with Crippen LogP contribution >= 0.6 is 0 Å². The Labute approximate surface area is 176 Å². The highest BCUT2D eigenvalue weighted by molar-refractivity contribution is 5.86. The van der Waals surface area contributed by atoms with Crippen LogP contribution in [0.15, 0.2) is 69.7 Å². The molecule has 0 atom stereocenters. The van der Waals surface area contributed by atoms with Crippen LogP contribution in [0.1, 0.15) is 27.4 Å². The topological polar surface area (TPSA) is 87.6 Å². The molecule has 4 aromatic rings. The van der Waals surface area contributed by atoms with Crippen LogP contribution in [0.4, 0.5) is 4.39 Å². The zero-order valence-corrected chi connectivity index (χ0v) is 16.4. The van der Waals surface area contributed by atoms with Gasteiger partial charge in [0.05, 0.1) is 18.7 Å². The van der Waals surface area contributed by atoms with Crippen LogP contribution in [0.3, 0.4) is 0 Å². The average molecular weight is 420 g/mol. The van der Waals surface area contributed by atoms with Gasteiger partial charge < -0.3 is 18.5 Å². The Morgan fingerprint density at radius 3 is 2.55 bits per heavy atom. The van der Waals surface area contributed by atoms with Crippen molar-refractivity contribution in [3.8, 4) is 17.1 Å². The highest BCUT2D eigenvalue weighted by Crippen LogP contribution is 2.28. The molecule has 156 valence electrons. The van der Waals surface area contributed by atoms with E-state index < -0.39 is 5.97 Å². The molecule has 0 aliphatic rings. The van der Waals surface area contributed by atoms with Crippen molar-refractivity contribution in [3.63, 3.8) is 0 Å². The average Bonchev–Trinajstić information content (AvgIpc) is 3.44. The molecule has 7 nitrogen and oxygen atoms in total. The number of hydrogen-bond acceptors (Lipinski definition) is 7. The van der Waals surface area contributed by atoms with Crippen molar-refractivity contribution in [1.29, 1.82) is 0 Å². The second-order valence-corrected chi connectivity index (χ2v) is 6.43. The van der Waals surface area contributed by atoms with Crippen molar-refractivity contribution in [1.82, 2.24) is 10.3 Å². The normalized spacial score (nSPS) is 11.0. The van der Waals surface area contributed by atoms with Gasteiger partial charge in [-0.2, -0.15) is 0 Å². The maximum absolute atomic E-state index is 13.3. The van der Waals surface area contributed by atoms with Gasteiger partial charge in [-0.3, -0.25) is 0 Å². The molecule has 0 aliphatic carbocycles. The highest BCUT2D eigenvalue weighted by atomic mass is 19.1. The standard InChI is InChI=1S/C23H17FN2O5/c1-28-23(27)20-13-21(25-31-20)29-14-18-19(12-7-15-5-3-2-4-6-15)30-26-22(18)16-8-10-17(24)11-9-16/h2-13H,14H2,1H3. The molecule has 0 unspecified atom stereocenters. The van der Waals surface area contributed by atoms with Crippen molar-refractivity contribution in [2.45, 2.75) is 6.61 Å². The summed E-state index contributed by atoms with van der Waals surface area (Å²) in [5, 5.41) is 7.85. The van der Waals surface area contributed by atoms with Crippen molar-refractivity contribution in [2.75, 3.05) is 7.11 Å². The minimum Gasteiger partial charge on any atom is -0.470 e. The first-order valence-electron chi connectivity index (χ1n) is 9.29. The number of methoxy groups -OCH3 is 1. The van der Waals surface area contributed by atoms with Gasteiger partial charge in [0.2, 0.25) is 5.76 Å². The maximum Gasteiger partial charge on any atom is 0.377 e. The summed E-state index contributed by atoms with van der Waals surface area (Å²) in [7, 11) is 1.24. The second kappa shape index (κ2) is 9.08. The first kappa shape index (κ1) is 20.1. The summed E-state index contributed by atoms with van der Waals surface area (Å²) in [6.45, 7) is 0.0256. The van der Waals surface area contributed by atoms with Crippen LogP contribution in [-0.4, -0.2) is 23.4 Å². The molecule has 0 radical (unpaired) electrons. The Hall–Kier alpha value is -4.20. The van der Waals surface area contributed by atoms with Crippen LogP contribution in [0.25, 0.3) is 23.4 Å². The number of esters is 1. The molecular weight excluding hydrogens is 403 g/mol. The quantitative estimate of drug-likeness (QED) is 0.389. The first-order valence-corrected chi connectivity index (χ1v) is 9.29. The fourth-order valence-electron chi connectivity index (χ4n) is 2.83.